The van der Waals surface area contributed by atoms with Crippen LogP contribution in [-0.4, -0.2) is 33.6 Å². The van der Waals surface area contributed by atoms with Gasteiger partial charge in [-0.2, -0.15) is 0 Å². The van der Waals surface area contributed by atoms with Crippen molar-refractivity contribution in [2.24, 2.45) is 0 Å². The van der Waals surface area contributed by atoms with Crippen LogP contribution in [0, 0.1) is 5.82 Å². The zero-order valence-corrected chi connectivity index (χ0v) is 27.4. The van der Waals surface area contributed by atoms with Gasteiger partial charge in [0.1, 0.15) is 18.2 Å². The van der Waals surface area contributed by atoms with Crippen molar-refractivity contribution in [3.8, 4) is 22.8 Å². The Kier molecular flexibility index (Phi) is 12.2. The number of aromatic nitrogens is 1. The van der Waals surface area contributed by atoms with E-state index >= 15 is 0 Å². The number of hydrogen-bond acceptors (Lipinski definition) is 5. The number of methoxy groups -OCH3 is 1. The van der Waals surface area contributed by atoms with Crippen molar-refractivity contribution in [1.82, 2.24) is 4.98 Å². The molecule has 0 aliphatic carbocycles. The van der Waals surface area contributed by atoms with Crippen LogP contribution in [0.1, 0.15) is 72.1 Å². The van der Waals surface area contributed by atoms with Gasteiger partial charge in [0, 0.05) is 35.4 Å². The second-order valence-corrected chi connectivity index (χ2v) is 17.1. The Labute approximate surface area is 251 Å². The molecule has 0 spiro atoms. The molecular formula is C33H45ClFNO4Si. The summed E-state index contributed by atoms with van der Waals surface area (Å²) in [5, 5.41) is 0.436. The molecule has 1 heterocycles. The zero-order valence-electron chi connectivity index (χ0n) is 25.7. The number of pyridine rings is 1. The van der Waals surface area contributed by atoms with Gasteiger partial charge in [-0.05, 0) is 65.4 Å². The van der Waals surface area contributed by atoms with Crippen LogP contribution in [0.3, 0.4) is 0 Å². The maximum Gasteiger partial charge on any atom is 0.213 e. The summed E-state index contributed by atoms with van der Waals surface area (Å²) in [7, 11) is -0.432. The standard InChI is InChI=1S/C33H45ClFNO4Si/c1-9-38-32(16-17-40-41(22(2)3,23(4)5)24(6)7)26-11-13-27(14-12-26)39-21-25-10-15-30(34)28(18-25)29-19-33(37-8)36-20-31(29)35/h10-15,18-20,22-24,32H,9,16-17,21H2,1-8H3/t32-/m0/s1. The first-order valence-electron chi connectivity index (χ1n) is 14.5. The van der Waals surface area contributed by atoms with Crippen molar-refractivity contribution in [3.05, 3.63) is 76.7 Å². The minimum Gasteiger partial charge on any atom is -0.489 e. The van der Waals surface area contributed by atoms with Gasteiger partial charge in [-0.25, -0.2) is 9.37 Å². The van der Waals surface area contributed by atoms with Crippen molar-refractivity contribution in [3.63, 3.8) is 0 Å². The van der Waals surface area contributed by atoms with Gasteiger partial charge in [-0.15, -0.1) is 0 Å². The van der Waals surface area contributed by atoms with Crippen molar-refractivity contribution in [1.29, 1.82) is 0 Å². The molecule has 41 heavy (non-hydrogen) atoms. The third-order valence-corrected chi connectivity index (χ3v) is 14.3. The van der Waals surface area contributed by atoms with Crippen molar-refractivity contribution in [2.45, 2.75) is 84.2 Å². The summed E-state index contributed by atoms with van der Waals surface area (Å²) in [6, 6.07) is 15.0. The molecule has 1 atom stereocenters. The van der Waals surface area contributed by atoms with Gasteiger partial charge in [-0.1, -0.05) is 71.3 Å². The lowest BCUT2D eigenvalue weighted by molar-refractivity contribution is 0.0439. The van der Waals surface area contributed by atoms with E-state index in [-0.39, 0.29) is 6.10 Å². The fourth-order valence-electron chi connectivity index (χ4n) is 5.94. The fraction of sp³-hybridized carbons (Fsp3) is 0.485. The second-order valence-electron chi connectivity index (χ2n) is 11.3. The fourth-order valence-corrected chi connectivity index (χ4v) is 11.6. The average molecular weight is 602 g/mol. The maximum atomic E-state index is 14.5. The molecule has 5 nitrogen and oxygen atoms in total. The number of nitrogens with zero attached hydrogens (tertiary/aromatic N) is 1. The van der Waals surface area contributed by atoms with Gasteiger partial charge in [0.15, 0.2) is 8.32 Å². The van der Waals surface area contributed by atoms with E-state index in [9.17, 15) is 4.39 Å². The molecule has 2 aromatic carbocycles. The summed E-state index contributed by atoms with van der Waals surface area (Å²) in [6.07, 6.45) is 1.89. The van der Waals surface area contributed by atoms with Crippen LogP contribution in [0.15, 0.2) is 54.7 Å². The molecule has 8 heteroatoms. The van der Waals surface area contributed by atoms with Crippen molar-refractivity contribution >= 4 is 19.9 Å². The van der Waals surface area contributed by atoms with Crippen molar-refractivity contribution < 1.29 is 23.0 Å². The van der Waals surface area contributed by atoms with Crippen LogP contribution in [0.4, 0.5) is 4.39 Å². The van der Waals surface area contributed by atoms with E-state index in [0.717, 1.165) is 29.5 Å². The molecular weight excluding hydrogens is 557 g/mol. The summed E-state index contributed by atoms with van der Waals surface area (Å²) in [5.74, 6) is 0.581. The number of ether oxygens (including phenoxy) is 3. The number of benzene rings is 2. The first-order valence-corrected chi connectivity index (χ1v) is 17.0. The molecule has 3 aromatic rings. The predicted molar refractivity (Wildman–Crippen MR) is 168 cm³/mol. The molecule has 0 aliphatic heterocycles. The van der Waals surface area contributed by atoms with Crippen LogP contribution >= 0.6 is 11.6 Å². The zero-order chi connectivity index (χ0) is 30.2. The van der Waals surface area contributed by atoms with Crippen LogP contribution in [-0.2, 0) is 15.8 Å². The third-order valence-electron chi connectivity index (χ3n) is 7.82. The number of halogens is 2. The normalized spacial score (nSPS) is 12.8. The van der Waals surface area contributed by atoms with Gasteiger partial charge in [0.2, 0.25) is 5.88 Å². The SMILES string of the molecule is CCO[C@@H](CCO[Si](C(C)C)(C(C)C)C(C)C)c1ccc(OCc2ccc(Cl)c(-c3cc(OC)ncc3F)c2)cc1. The molecule has 0 saturated carbocycles. The van der Waals surface area contributed by atoms with E-state index in [2.05, 4.69) is 58.7 Å². The first kappa shape index (κ1) is 33.1. The van der Waals surface area contributed by atoms with Crippen LogP contribution in [0.5, 0.6) is 11.6 Å². The van der Waals surface area contributed by atoms with Crippen LogP contribution < -0.4 is 9.47 Å². The highest BCUT2D eigenvalue weighted by Crippen LogP contribution is 2.42. The summed E-state index contributed by atoms with van der Waals surface area (Å²) in [5.41, 5.74) is 4.50. The molecule has 0 saturated heterocycles. The minimum atomic E-state index is -1.92. The van der Waals surface area contributed by atoms with E-state index in [1.54, 1.807) is 6.07 Å². The molecule has 0 fully saturated rings. The number of rotatable bonds is 15. The summed E-state index contributed by atoms with van der Waals surface area (Å²) in [4.78, 5) is 3.91. The van der Waals surface area contributed by atoms with E-state index < -0.39 is 14.1 Å². The molecule has 0 amide bonds. The Morgan fingerprint density at radius 2 is 1.56 bits per heavy atom. The molecule has 224 valence electrons. The topological polar surface area (TPSA) is 49.8 Å². The molecule has 1 aromatic heterocycles. The highest BCUT2D eigenvalue weighted by molar-refractivity contribution is 6.77. The quantitative estimate of drug-likeness (QED) is 0.162. The first-order chi connectivity index (χ1) is 19.5. The van der Waals surface area contributed by atoms with Crippen LogP contribution in [0.25, 0.3) is 11.1 Å². The van der Waals surface area contributed by atoms with Gasteiger partial charge in [-0.3, -0.25) is 0 Å². The lowest BCUT2D eigenvalue weighted by atomic mass is 10.0. The summed E-state index contributed by atoms with van der Waals surface area (Å²) in [6.45, 7) is 17.5. The lowest BCUT2D eigenvalue weighted by Gasteiger charge is -2.42. The highest BCUT2D eigenvalue weighted by atomic mass is 35.5. The molecule has 0 aliphatic rings. The van der Waals surface area contributed by atoms with Crippen molar-refractivity contribution in [2.75, 3.05) is 20.3 Å². The molecule has 0 bridgehead atoms. The maximum absolute atomic E-state index is 14.5. The predicted octanol–water partition coefficient (Wildman–Crippen LogP) is 9.79. The smallest absolute Gasteiger partial charge is 0.213 e. The molecule has 0 radical (unpaired) electrons. The summed E-state index contributed by atoms with van der Waals surface area (Å²) < 4.78 is 38.7. The second kappa shape index (κ2) is 15.1. The molecule has 0 unspecified atom stereocenters. The minimum absolute atomic E-state index is 0.0432. The molecule has 0 N–H and O–H groups in total. The van der Waals surface area contributed by atoms with Gasteiger partial charge in [0.25, 0.3) is 0 Å². The van der Waals surface area contributed by atoms with E-state index in [4.69, 9.17) is 30.2 Å². The third kappa shape index (κ3) is 8.10. The van der Waals surface area contributed by atoms with Gasteiger partial charge < -0.3 is 18.6 Å². The Hall–Kier alpha value is -2.45. The van der Waals surface area contributed by atoms with E-state index in [1.807, 2.05) is 31.2 Å². The summed E-state index contributed by atoms with van der Waals surface area (Å²) >= 11 is 6.41. The Morgan fingerprint density at radius 3 is 2.15 bits per heavy atom. The van der Waals surface area contributed by atoms with Crippen LogP contribution in [0.2, 0.25) is 21.6 Å². The number of hydrogen-bond donors (Lipinski definition) is 0. The van der Waals surface area contributed by atoms with Gasteiger partial charge >= 0.3 is 0 Å². The highest BCUT2D eigenvalue weighted by Gasteiger charge is 2.44. The Bertz CT molecular complexity index is 1230. The van der Waals surface area contributed by atoms with E-state index in [1.165, 1.54) is 13.2 Å². The average Bonchev–Trinajstić information content (AvgIpc) is 2.94. The van der Waals surface area contributed by atoms with Gasteiger partial charge in [0.05, 0.1) is 19.4 Å². The molecule has 3 rings (SSSR count). The monoisotopic (exact) mass is 601 g/mol. The van der Waals surface area contributed by atoms with E-state index in [0.29, 0.717) is 58.5 Å². The largest absolute Gasteiger partial charge is 0.489 e. The Balaban J connectivity index is 1.67. The lowest BCUT2D eigenvalue weighted by Crippen LogP contribution is -2.48. The Morgan fingerprint density at radius 1 is 0.902 bits per heavy atom.